The molecule has 0 aromatic heterocycles. The molecule has 0 spiro atoms. The van der Waals surface area contributed by atoms with Crippen LogP contribution in [0, 0.1) is 0 Å². The fraction of sp³-hybridized carbons (Fsp3) is 0.182. The fourth-order valence-electron chi connectivity index (χ4n) is 1.03. The minimum atomic E-state index is -4.48. The summed E-state index contributed by atoms with van der Waals surface area (Å²) in [4.78, 5) is 11.3. The summed E-state index contributed by atoms with van der Waals surface area (Å²) >= 11 is 5.68. The van der Waals surface area contributed by atoms with E-state index >= 15 is 0 Å². The highest BCUT2D eigenvalue weighted by Gasteiger charge is 2.31. The van der Waals surface area contributed by atoms with Crippen LogP contribution in [0.3, 0.4) is 0 Å². The minimum Gasteiger partial charge on any atom is -0.321 e. The molecule has 0 saturated heterocycles. The molecule has 0 saturated carbocycles. The second-order valence-electron chi connectivity index (χ2n) is 3.43. The Morgan fingerprint density at radius 1 is 1.41 bits per heavy atom. The monoisotopic (exact) mass is 263 g/mol. The molecule has 0 heterocycles. The summed E-state index contributed by atoms with van der Waals surface area (Å²) in [6.07, 6.45) is -4.48. The lowest BCUT2D eigenvalue weighted by Crippen LogP contribution is -2.13. The van der Waals surface area contributed by atoms with Crippen molar-refractivity contribution in [3.8, 4) is 0 Å². The lowest BCUT2D eigenvalue weighted by molar-refractivity contribution is -0.137. The normalized spacial score (nSPS) is 11.1. The molecule has 0 bridgehead atoms. The molecule has 1 amide bonds. The zero-order valence-corrected chi connectivity index (χ0v) is 9.62. The Kier molecular flexibility index (Phi) is 3.83. The van der Waals surface area contributed by atoms with Crippen molar-refractivity contribution < 1.29 is 18.0 Å². The Labute approximate surface area is 101 Å². The minimum absolute atomic E-state index is 0.0348. The molecule has 0 radical (unpaired) electrons. The third-order valence-corrected chi connectivity index (χ3v) is 2.26. The maximum absolute atomic E-state index is 12.4. The van der Waals surface area contributed by atoms with E-state index in [1.54, 1.807) is 0 Å². The first-order valence-electron chi connectivity index (χ1n) is 4.55. The Bertz CT molecular complexity index is 468. The molecule has 1 aromatic carbocycles. The molecular weight excluding hydrogens is 255 g/mol. The number of halogens is 4. The van der Waals surface area contributed by atoms with E-state index in [4.69, 9.17) is 11.6 Å². The van der Waals surface area contributed by atoms with E-state index in [-0.39, 0.29) is 16.3 Å². The number of alkyl halides is 3. The van der Waals surface area contributed by atoms with Crippen LogP contribution in [0.25, 0.3) is 0 Å². The van der Waals surface area contributed by atoms with E-state index in [1.807, 2.05) is 0 Å². The van der Waals surface area contributed by atoms with Gasteiger partial charge in [-0.1, -0.05) is 18.2 Å². The van der Waals surface area contributed by atoms with Gasteiger partial charge < -0.3 is 5.32 Å². The summed E-state index contributed by atoms with van der Waals surface area (Å²) in [6.45, 7) is 4.82. The highest BCUT2D eigenvalue weighted by Crippen LogP contribution is 2.33. The van der Waals surface area contributed by atoms with Gasteiger partial charge in [-0.25, -0.2) is 0 Å². The van der Waals surface area contributed by atoms with Gasteiger partial charge in [0.25, 0.3) is 5.91 Å². The quantitative estimate of drug-likeness (QED) is 0.806. The molecule has 17 heavy (non-hydrogen) atoms. The highest BCUT2D eigenvalue weighted by molar-refractivity contribution is 6.33. The predicted molar refractivity (Wildman–Crippen MR) is 59.9 cm³/mol. The van der Waals surface area contributed by atoms with Gasteiger partial charge in [-0.2, -0.15) is 13.2 Å². The van der Waals surface area contributed by atoms with Gasteiger partial charge in [-0.15, -0.1) is 0 Å². The van der Waals surface area contributed by atoms with Gasteiger partial charge in [0, 0.05) is 5.57 Å². The molecule has 0 atom stereocenters. The van der Waals surface area contributed by atoms with Crippen molar-refractivity contribution >= 4 is 23.2 Å². The van der Waals surface area contributed by atoms with Crippen LogP contribution in [0.1, 0.15) is 12.5 Å². The van der Waals surface area contributed by atoms with E-state index in [2.05, 4.69) is 11.9 Å². The second-order valence-corrected chi connectivity index (χ2v) is 3.83. The average molecular weight is 264 g/mol. The predicted octanol–water partition coefficient (Wildman–Crippen LogP) is 3.87. The van der Waals surface area contributed by atoms with Crippen molar-refractivity contribution in [2.24, 2.45) is 0 Å². The number of hydrogen-bond donors (Lipinski definition) is 1. The molecule has 1 aromatic rings. The van der Waals surface area contributed by atoms with Crippen molar-refractivity contribution in [2.75, 3.05) is 5.32 Å². The largest absolute Gasteiger partial charge is 0.416 e. The number of nitrogens with one attached hydrogen (secondary N) is 1. The van der Waals surface area contributed by atoms with Crippen LogP contribution < -0.4 is 5.32 Å². The van der Waals surface area contributed by atoms with Crippen LogP contribution in [0.4, 0.5) is 18.9 Å². The fourth-order valence-corrected chi connectivity index (χ4v) is 1.19. The molecule has 92 valence electrons. The molecule has 6 heteroatoms. The first kappa shape index (κ1) is 13.6. The van der Waals surface area contributed by atoms with Crippen LogP contribution >= 0.6 is 11.6 Å². The molecule has 0 aliphatic rings. The second kappa shape index (κ2) is 4.79. The smallest absolute Gasteiger partial charge is 0.321 e. The lowest BCUT2D eigenvalue weighted by atomic mass is 10.2. The highest BCUT2D eigenvalue weighted by atomic mass is 35.5. The Morgan fingerprint density at radius 2 is 2.00 bits per heavy atom. The van der Waals surface area contributed by atoms with Crippen LogP contribution in [0.2, 0.25) is 5.02 Å². The van der Waals surface area contributed by atoms with Gasteiger partial charge in [0.1, 0.15) is 0 Å². The van der Waals surface area contributed by atoms with Crippen LogP contribution in [-0.2, 0) is 11.0 Å². The van der Waals surface area contributed by atoms with Crippen LogP contribution in [-0.4, -0.2) is 5.91 Å². The molecule has 1 rings (SSSR count). The van der Waals surface area contributed by atoms with Crippen LogP contribution in [0.15, 0.2) is 30.4 Å². The third-order valence-electron chi connectivity index (χ3n) is 1.93. The summed E-state index contributed by atoms with van der Waals surface area (Å²) < 4.78 is 37.3. The zero-order chi connectivity index (χ0) is 13.2. The topological polar surface area (TPSA) is 29.1 Å². The Hall–Kier alpha value is -1.49. The van der Waals surface area contributed by atoms with Gasteiger partial charge >= 0.3 is 6.18 Å². The SMILES string of the molecule is C=C(C)C(=O)Nc1cc(C(F)(F)F)ccc1Cl. The summed E-state index contributed by atoms with van der Waals surface area (Å²) in [5.74, 6) is -0.578. The molecule has 0 aliphatic heterocycles. The number of benzene rings is 1. The van der Waals surface area contributed by atoms with E-state index in [0.29, 0.717) is 0 Å². The van der Waals surface area contributed by atoms with Crippen molar-refractivity contribution in [1.29, 1.82) is 0 Å². The number of amides is 1. The summed E-state index contributed by atoms with van der Waals surface area (Å²) in [6, 6.07) is 2.71. The van der Waals surface area contributed by atoms with Crippen molar-refractivity contribution in [2.45, 2.75) is 13.1 Å². The molecule has 0 unspecified atom stereocenters. The Balaban J connectivity index is 3.07. The molecule has 0 aliphatic carbocycles. The summed E-state index contributed by atoms with van der Waals surface area (Å²) in [5.41, 5.74) is -0.785. The zero-order valence-electron chi connectivity index (χ0n) is 8.86. The van der Waals surface area contributed by atoms with Gasteiger partial charge in [0.2, 0.25) is 0 Å². The summed E-state index contributed by atoms with van der Waals surface area (Å²) in [7, 11) is 0. The van der Waals surface area contributed by atoms with Crippen molar-refractivity contribution in [3.05, 3.63) is 40.9 Å². The number of rotatable bonds is 2. The van der Waals surface area contributed by atoms with Gasteiger partial charge in [-0.3, -0.25) is 4.79 Å². The Morgan fingerprint density at radius 3 is 2.47 bits per heavy atom. The lowest BCUT2D eigenvalue weighted by Gasteiger charge is -2.11. The van der Waals surface area contributed by atoms with Crippen molar-refractivity contribution in [1.82, 2.24) is 0 Å². The third kappa shape index (κ3) is 3.49. The van der Waals surface area contributed by atoms with Gasteiger partial charge in [0.15, 0.2) is 0 Å². The number of hydrogen-bond acceptors (Lipinski definition) is 1. The molecule has 1 N–H and O–H groups in total. The number of carbonyl (C=O) groups is 1. The molecular formula is C11H9ClF3NO. The van der Waals surface area contributed by atoms with Crippen LogP contribution in [0.5, 0.6) is 0 Å². The number of anilines is 1. The first-order chi connectivity index (χ1) is 7.71. The first-order valence-corrected chi connectivity index (χ1v) is 4.93. The maximum atomic E-state index is 12.4. The van der Waals surface area contributed by atoms with Crippen molar-refractivity contribution in [3.63, 3.8) is 0 Å². The molecule has 0 fully saturated rings. The molecule has 2 nitrogen and oxygen atoms in total. The van der Waals surface area contributed by atoms with Gasteiger partial charge in [0.05, 0.1) is 16.3 Å². The maximum Gasteiger partial charge on any atom is 0.416 e. The van der Waals surface area contributed by atoms with E-state index in [9.17, 15) is 18.0 Å². The number of carbonyl (C=O) groups excluding carboxylic acids is 1. The van der Waals surface area contributed by atoms with E-state index < -0.39 is 17.6 Å². The van der Waals surface area contributed by atoms with E-state index in [0.717, 1.165) is 18.2 Å². The summed E-state index contributed by atoms with van der Waals surface area (Å²) in [5, 5.41) is 2.29. The standard InChI is InChI=1S/C11H9ClF3NO/c1-6(2)10(17)16-9-5-7(11(13,14)15)3-4-8(9)12/h3-5H,1H2,2H3,(H,16,17). The van der Waals surface area contributed by atoms with E-state index in [1.165, 1.54) is 6.92 Å². The average Bonchev–Trinajstić information content (AvgIpc) is 2.19. The van der Waals surface area contributed by atoms with Gasteiger partial charge in [-0.05, 0) is 25.1 Å².